The van der Waals surface area contributed by atoms with E-state index in [9.17, 15) is 9.59 Å². The number of hydrogen-bond acceptors (Lipinski definition) is 6. The monoisotopic (exact) mass is 411 g/mol. The van der Waals surface area contributed by atoms with Gasteiger partial charge in [0.1, 0.15) is 5.75 Å². The maximum absolute atomic E-state index is 12.3. The third-order valence-corrected chi connectivity index (χ3v) is 5.27. The van der Waals surface area contributed by atoms with Gasteiger partial charge in [-0.25, -0.2) is 0 Å². The molecule has 158 valence electrons. The molecule has 8 heteroatoms. The fourth-order valence-corrected chi connectivity index (χ4v) is 3.60. The molecule has 2 aliphatic rings. The van der Waals surface area contributed by atoms with Crippen molar-refractivity contribution in [1.29, 1.82) is 0 Å². The van der Waals surface area contributed by atoms with Crippen LogP contribution in [-0.2, 0) is 22.6 Å². The Bertz CT molecular complexity index is 960. The van der Waals surface area contributed by atoms with E-state index in [0.29, 0.717) is 24.7 Å². The summed E-state index contributed by atoms with van der Waals surface area (Å²) in [5.41, 5.74) is 3.07. The summed E-state index contributed by atoms with van der Waals surface area (Å²) in [5.74, 6) is 0.901. The SMILES string of the molecule is CN(C)C(CNC(=O)C(=O)NCc1ccc2c(c1)OCO2)c1ccc2c(c1)CCO2. The van der Waals surface area contributed by atoms with E-state index < -0.39 is 11.8 Å². The van der Waals surface area contributed by atoms with Crippen molar-refractivity contribution in [2.24, 2.45) is 0 Å². The Hall–Kier alpha value is -3.26. The van der Waals surface area contributed by atoms with Gasteiger partial charge in [-0.15, -0.1) is 0 Å². The number of benzene rings is 2. The molecule has 2 N–H and O–H groups in total. The first kappa shape index (κ1) is 20.0. The van der Waals surface area contributed by atoms with Crippen molar-refractivity contribution >= 4 is 11.8 Å². The number of hydrogen-bond donors (Lipinski definition) is 2. The normalized spacial score (nSPS) is 14.8. The first-order valence-electron chi connectivity index (χ1n) is 9.88. The first-order chi connectivity index (χ1) is 14.5. The summed E-state index contributed by atoms with van der Waals surface area (Å²) >= 11 is 0. The Labute approximate surface area is 175 Å². The molecule has 2 aliphatic heterocycles. The zero-order chi connectivity index (χ0) is 21.1. The summed E-state index contributed by atoms with van der Waals surface area (Å²) in [6.45, 7) is 1.44. The van der Waals surface area contributed by atoms with Crippen molar-refractivity contribution in [1.82, 2.24) is 15.5 Å². The number of likely N-dealkylation sites (N-methyl/N-ethyl adjacent to an activating group) is 1. The summed E-state index contributed by atoms with van der Waals surface area (Å²) < 4.78 is 16.2. The average Bonchev–Trinajstić information content (AvgIpc) is 3.40. The summed E-state index contributed by atoms with van der Waals surface area (Å²) in [4.78, 5) is 26.5. The Kier molecular flexibility index (Phi) is 5.76. The van der Waals surface area contributed by atoms with Gasteiger partial charge in [0.25, 0.3) is 0 Å². The number of nitrogens with zero attached hydrogens (tertiary/aromatic N) is 1. The van der Waals surface area contributed by atoms with E-state index in [1.54, 1.807) is 12.1 Å². The Balaban J connectivity index is 1.31. The Morgan fingerprint density at radius 2 is 1.73 bits per heavy atom. The Morgan fingerprint density at radius 3 is 2.57 bits per heavy atom. The van der Waals surface area contributed by atoms with Crippen LogP contribution in [0.5, 0.6) is 17.2 Å². The van der Waals surface area contributed by atoms with Crippen LogP contribution >= 0.6 is 0 Å². The van der Waals surface area contributed by atoms with Crippen LogP contribution in [0.25, 0.3) is 0 Å². The molecule has 0 spiro atoms. The molecule has 0 saturated heterocycles. The molecule has 1 atom stereocenters. The fraction of sp³-hybridized carbons (Fsp3) is 0.364. The molecule has 0 bridgehead atoms. The summed E-state index contributed by atoms with van der Waals surface area (Å²) in [6.07, 6.45) is 0.887. The molecule has 0 aliphatic carbocycles. The molecule has 0 radical (unpaired) electrons. The molecule has 2 amide bonds. The van der Waals surface area contributed by atoms with Crippen LogP contribution in [0.3, 0.4) is 0 Å². The second-order valence-corrected chi connectivity index (χ2v) is 7.53. The molecule has 0 aromatic heterocycles. The van der Waals surface area contributed by atoms with E-state index in [4.69, 9.17) is 14.2 Å². The zero-order valence-electron chi connectivity index (χ0n) is 17.1. The van der Waals surface area contributed by atoms with Gasteiger partial charge in [0.15, 0.2) is 11.5 Å². The highest BCUT2D eigenvalue weighted by Crippen LogP contribution is 2.32. The number of carbonyl (C=O) groups is 2. The maximum atomic E-state index is 12.3. The fourth-order valence-electron chi connectivity index (χ4n) is 3.60. The lowest BCUT2D eigenvalue weighted by Crippen LogP contribution is -2.42. The van der Waals surface area contributed by atoms with Gasteiger partial charge < -0.3 is 29.7 Å². The quantitative estimate of drug-likeness (QED) is 0.699. The third kappa shape index (κ3) is 4.33. The summed E-state index contributed by atoms with van der Waals surface area (Å²) in [6, 6.07) is 11.4. The van der Waals surface area contributed by atoms with Gasteiger partial charge in [-0.2, -0.15) is 0 Å². The minimum Gasteiger partial charge on any atom is -0.493 e. The van der Waals surface area contributed by atoms with Crippen molar-refractivity contribution in [2.45, 2.75) is 19.0 Å². The van der Waals surface area contributed by atoms with Crippen LogP contribution in [0, 0.1) is 0 Å². The van der Waals surface area contributed by atoms with E-state index in [1.807, 2.05) is 37.2 Å². The lowest BCUT2D eigenvalue weighted by Gasteiger charge is -2.25. The van der Waals surface area contributed by atoms with Gasteiger partial charge in [-0.05, 0) is 49.0 Å². The van der Waals surface area contributed by atoms with Crippen molar-refractivity contribution in [3.8, 4) is 17.2 Å². The standard InChI is InChI=1S/C22H25N3O5/c1-25(2)17(15-4-6-18-16(10-15)7-8-28-18)12-24-22(27)21(26)23-11-14-3-5-19-20(9-14)30-13-29-19/h3-6,9-10,17H,7-8,11-13H2,1-2H3,(H,23,26)(H,24,27). The van der Waals surface area contributed by atoms with Crippen LogP contribution in [0.2, 0.25) is 0 Å². The van der Waals surface area contributed by atoms with Gasteiger partial charge in [-0.3, -0.25) is 9.59 Å². The smallest absolute Gasteiger partial charge is 0.309 e. The molecule has 2 aromatic rings. The predicted molar refractivity (Wildman–Crippen MR) is 109 cm³/mol. The van der Waals surface area contributed by atoms with Crippen molar-refractivity contribution in [2.75, 3.05) is 34.0 Å². The Morgan fingerprint density at radius 1 is 0.967 bits per heavy atom. The number of nitrogens with one attached hydrogen (secondary N) is 2. The number of fused-ring (bicyclic) bond motifs is 2. The highest BCUT2D eigenvalue weighted by atomic mass is 16.7. The molecule has 30 heavy (non-hydrogen) atoms. The van der Waals surface area contributed by atoms with Gasteiger partial charge in [0, 0.05) is 19.5 Å². The second-order valence-electron chi connectivity index (χ2n) is 7.53. The number of carbonyl (C=O) groups excluding carboxylic acids is 2. The number of rotatable bonds is 6. The summed E-state index contributed by atoms with van der Waals surface area (Å²) in [7, 11) is 3.89. The van der Waals surface area contributed by atoms with Gasteiger partial charge in [-0.1, -0.05) is 18.2 Å². The van der Waals surface area contributed by atoms with Gasteiger partial charge in [0.2, 0.25) is 6.79 Å². The zero-order valence-corrected chi connectivity index (χ0v) is 17.1. The van der Waals surface area contributed by atoms with Crippen LogP contribution in [0.1, 0.15) is 22.7 Å². The maximum Gasteiger partial charge on any atom is 0.309 e. The predicted octanol–water partition coefficient (Wildman–Crippen LogP) is 1.39. The van der Waals surface area contributed by atoms with E-state index >= 15 is 0 Å². The lowest BCUT2D eigenvalue weighted by molar-refractivity contribution is -0.139. The minimum atomic E-state index is -0.674. The highest BCUT2D eigenvalue weighted by molar-refractivity contribution is 6.35. The molecule has 2 aromatic carbocycles. The van der Waals surface area contributed by atoms with Crippen molar-refractivity contribution in [3.05, 3.63) is 53.1 Å². The van der Waals surface area contributed by atoms with Crippen LogP contribution in [-0.4, -0.2) is 50.8 Å². The number of amides is 2. The van der Waals surface area contributed by atoms with Crippen molar-refractivity contribution < 1.29 is 23.8 Å². The molecule has 8 nitrogen and oxygen atoms in total. The molecule has 4 rings (SSSR count). The van der Waals surface area contributed by atoms with Crippen molar-refractivity contribution in [3.63, 3.8) is 0 Å². The van der Waals surface area contributed by atoms with E-state index in [0.717, 1.165) is 23.3 Å². The molecule has 2 heterocycles. The largest absolute Gasteiger partial charge is 0.493 e. The minimum absolute atomic E-state index is 0.0542. The molecular weight excluding hydrogens is 386 g/mol. The van der Waals surface area contributed by atoms with Crippen LogP contribution < -0.4 is 24.8 Å². The topological polar surface area (TPSA) is 89.1 Å². The van der Waals surface area contributed by atoms with E-state index in [-0.39, 0.29) is 19.4 Å². The first-order valence-corrected chi connectivity index (χ1v) is 9.88. The van der Waals surface area contributed by atoms with E-state index in [2.05, 4.69) is 16.7 Å². The number of ether oxygens (including phenoxy) is 3. The molecule has 0 fully saturated rings. The lowest BCUT2D eigenvalue weighted by atomic mass is 10.0. The van der Waals surface area contributed by atoms with Gasteiger partial charge >= 0.3 is 11.8 Å². The molecule has 0 saturated carbocycles. The van der Waals surface area contributed by atoms with Crippen LogP contribution in [0.4, 0.5) is 0 Å². The van der Waals surface area contributed by atoms with Crippen LogP contribution in [0.15, 0.2) is 36.4 Å². The molecular formula is C22H25N3O5. The van der Waals surface area contributed by atoms with Gasteiger partial charge in [0.05, 0.1) is 12.6 Å². The summed E-state index contributed by atoms with van der Waals surface area (Å²) in [5, 5.41) is 5.38. The second kappa shape index (κ2) is 8.62. The highest BCUT2D eigenvalue weighted by Gasteiger charge is 2.21. The average molecular weight is 411 g/mol. The third-order valence-electron chi connectivity index (χ3n) is 5.27. The van der Waals surface area contributed by atoms with E-state index in [1.165, 1.54) is 5.56 Å². The molecule has 1 unspecified atom stereocenters.